The number of carbonyl (C=O) groups excluding carboxylic acids is 3. The average Bonchev–Trinajstić information content (AvgIpc) is 3.05. The highest BCUT2D eigenvalue weighted by atomic mass is 16.5. The quantitative estimate of drug-likeness (QED) is 0.627. The van der Waals surface area contributed by atoms with Gasteiger partial charge in [-0.25, -0.2) is 0 Å². The second kappa shape index (κ2) is 10.2. The van der Waals surface area contributed by atoms with Crippen LogP contribution in [0.4, 0.5) is 0 Å². The summed E-state index contributed by atoms with van der Waals surface area (Å²) in [4.78, 5) is 41.1. The fraction of sp³-hybridized carbons (Fsp3) is 0.423. The van der Waals surface area contributed by atoms with Gasteiger partial charge in [-0.1, -0.05) is 29.8 Å². The summed E-state index contributed by atoms with van der Waals surface area (Å²) in [7, 11) is 1.69. The smallest absolute Gasteiger partial charge is 0.261 e. The second-order valence-electron chi connectivity index (χ2n) is 8.84. The average molecular weight is 450 g/mol. The minimum Gasteiger partial charge on any atom is -0.496 e. The predicted octanol–water partition coefficient (Wildman–Crippen LogP) is 3.16. The van der Waals surface area contributed by atoms with Gasteiger partial charge < -0.3 is 10.1 Å². The standard InChI is InChI=1S/C26H31N3O4/c1-18-9-10-21-22(16-18)26(32)29(25(21)31)13-5-8-24(30)27-20-11-14-28(15-12-20)17-19-6-3-4-7-23(19)33-2/h3-4,6-7,9-10,16,20H,5,8,11-15,17H2,1-2H3,(H,27,30). The second-order valence-corrected chi connectivity index (χ2v) is 8.84. The Morgan fingerprint density at radius 1 is 1.06 bits per heavy atom. The van der Waals surface area contributed by atoms with E-state index in [9.17, 15) is 14.4 Å². The van der Waals surface area contributed by atoms with Gasteiger partial charge in [-0.15, -0.1) is 0 Å². The van der Waals surface area contributed by atoms with Crippen molar-refractivity contribution in [3.63, 3.8) is 0 Å². The molecule has 7 heteroatoms. The van der Waals surface area contributed by atoms with E-state index < -0.39 is 0 Å². The molecule has 1 N–H and O–H groups in total. The van der Waals surface area contributed by atoms with Gasteiger partial charge in [0.1, 0.15) is 5.75 Å². The van der Waals surface area contributed by atoms with E-state index >= 15 is 0 Å². The van der Waals surface area contributed by atoms with Crippen LogP contribution in [0.25, 0.3) is 0 Å². The van der Waals surface area contributed by atoms with E-state index in [0.717, 1.165) is 43.8 Å². The van der Waals surface area contributed by atoms with Crippen molar-refractivity contribution in [1.82, 2.24) is 15.1 Å². The molecule has 7 nitrogen and oxygen atoms in total. The maximum Gasteiger partial charge on any atom is 0.261 e. The largest absolute Gasteiger partial charge is 0.496 e. The Morgan fingerprint density at radius 3 is 2.55 bits per heavy atom. The van der Waals surface area contributed by atoms with Crippen LogP contribution in [0, 0.1) is 6.92 Å². The number of hydrogen-bond acceptors (Lipinski definition) is 5. The van der Waals surface area contributed by atoms with Gasteiger partial charge >= 0.3 is 0 Å². The Balaban J connectivity index is 1.18. The first-order valence-electron chi connectivity index (χ1n) is 11.6. The predicted molar refractivity (Wildman–Crippen MR) is 125 cm³/mol. The summed E-state index contributed by atoms with van der Waals surface area (Å²) < 4.78 is 5.44. The van der Waals surface area contributed by atoms with E-state index in [1.54, 1.807) is 19.2 Å². The number of nitrogens with zero attached hydrogens (tertiary/aromatic N) is 2. The van der Waals surface area contributed by atoms with Gasteiger partial charge in [0, 0.05) is 44.2 Å². The molecule has 0 aromatic heterocycles. The van der Waals surface area contributed by atoms with Gasteiger partial charge in [0.15, 0.2) is 0 Å². The summed E-state index contributed by atoms with van der Waals surface area (Å²) in [6.07, 6.45) is 2.56. The molecule has 174 valence electrons. The Bertz CT molecular complexity index is 1040. The summed E-state index contributed by atoms with van der Waals surface area (Å²) in [5.41, 5.74) is 3.04. The van der Waals surface area contributed by atoms with E-state index in [2.05, 4.69) is 16.3 Å². The molecule has 0 unspecified atom stereocenters. The molecule has 2 aromatic carbocycles. The zero-order valence-electron chi connectivity index (χ0n) is 19.3. The zero-order chi connectivity index (χ0) is 23.4. The van der Waals surface area contributed by atoms with E-state index in [1.807, 2.05) is 31.2 Å². The lowest BCUT2D eigenvalue weighted by molar-refractivity contribution is -0.122. The van der Waals surface area contributed by atoms with Gasteiger partial charge in [0.05, 0.1) is 18.2 Å². The topological polar surface area (TPSA) is 79.0 Å². The van der Waals surface area contributed by atoms with Crippen molar-refractivity contribution in [2.45, 2.75) is 45.2 Å². The number of nitrogens with one attached hydrogen (secondary N) is 1. The molecule has 0 saturated carbocycles. The minimum absolute atomic E-state index is 0.0226. The molecule has 0 bridgehead atoms. The molecule has 0 aliphatic carbocycles. The first-order valence-corrected chi connectivity index (χ1v) is 11.6. The highest BCUT2D eigenvalue weighted by Crippen LogP contribution is 2.24. The molecule has 0 spiro atoms. The van der Waals surface area contributed by atoms with Crippen molar-refractivity contribution >= 4 is 17.7 Å². The van der Waals surface area contributed by atoms with Crippen molar-refractivity contribution in [3.05, 3.63) is 64.7 Å². The van der Waals surface area contributed by atoms with Crippen LogP contribution in [0.2, 0.25) is 0 Å². The van der Waals surface area contributed by atoms with Gasteiger partial charge in [-0.3, -0.25) is 24.2 Å². The zero-order valence-corrected chi connectivity index (χ0v) is 19.3. The number of methoxy groups -OCH3 is 1. The lowest BCUT2D eigenvalue weighted by Gasteiger charge is -2.32. The van der Waals surface area contributed by atoms with Crippen LogP contribution in [-0.4, -0.2) is 60.3 Å². The number of aryl methyl sites for hydroxylation is 1. The molecular weight excluding hydrogens is 418 g/mol. The highest BCUT2D eigenvalue weighted by Gasteiger charge is 2.35. The minimum atomic E-state index is -0.266. The Morgan fingerprint density at radius 2 is 1.79 bits per heavy atom. The van der Waals surface area contributed by atoms with Crippen molar-refractivity contribution in [2.24, 2.45) is 0 Å². The summed E-state index contributed by atoms with van der Waals surface area (Å²) in [5, 5.41) is 3.12. The van der Waals surface area contributed by atoms with Crippen LogP contribution in [0.3, 0.4) is 0 Å². The monoisotopic (exact) mass is 449 g/mol. The SMILES string of the molecule is COc1ccccc1CN1CCC(NC(=O)CCCN2C(=O)c3ccc(C)cc3C2=O)CC1. The molecule has 2 aromatic rings. The number of ether oxygens (including phenoxy) is 1. The number of carbonyl (C=O) groups is 3. The molecule has 4 rings (SSSR count). The van der Waals surface area contributed by atoms with E-state index in [0.29, 0.717) is 24.0 Å². The normalized spacial score (nSPS) is 16.7. The molecule has 2 aliphatic rings. The fourth-order valence-corrected chi connectivity index (χ4v) is 4.62. The van der Waals surface area contributed by atoms with Crippen LogP contribution in [-0.2, 0) is 11.3 Å². The Labute approximate surface area is 194 Å². The van der Waals surface area contributed by atoms with Crippen LogP contribution in [0.15, 0.2) is 42.5 Å². The van der Waals surface area contributed by atoms with Crippen LogP contribution < -0.4 is 10.1 Å². The van der Waals surface area contributed by atoms with Gasteiger partial charge in [-0.05, 0) is 44.4 Å². The number of fused-ring (bicyclic) bond motifs is 1. The number of likely N-dealkylation sites (tertiary alicyclic amines) is 1. The molecular formula is C26H31N3O4. The van der Waals surface area contributed by atoms with Gasteiger partial charge in [0.25, 0.3) is 11.8 Å². The molecule has 1 saturated heterocycles. The molecule has 0 radical (unpaired) electrons. The fourth-order valence-electron chi connectivity index (χ4n) is 4.62. The number of rotatable bonds is 8. The van der Waals surface area contributed by atoms with E-state index in [1.165, 1.54) is 10.5 Å². The number of piperidine rings is 1. The molecule has 1 fully saturated rings. The first-order chi connectivity index (χ1) is 16.0. The van der Waals surface area contributed by atoms with Crippen LogP contribution in [0.1, 0.15) is 57.5 Å². The summed E-state index contributed by atoms with van der Waals surface area (Å²) in [5.74, 6) is 0.353. The van der Waals surface area contributed by atoms with Crippen molar-refractivity contribution < 1.29 is 19.1 Å². The van der Waals surface area contributed by atoms with Gasteiger partial charge in [-0.2, -0.15) is 0 Å². The van der Waals surface area contributed by atoms with Crippen molar-refractivity contribution in [1.29, 1.82) is 0 Å². The van der Waals surface area contributed by atoms with Crippen molar-refractivity contribution in [3.8, 4) is 5.75 Å². The Hall–Kier alpha value is -3.19. The third-order valence-electron chi connectivity index (χ3n) is 6.45. The first kappa shape index (κ1) is 23.0. The number of benzene rings is 2. The number of para-hydroxylation sites is 1. The number of hydrogen-bond donors (Lipinski definition) is 1. The number of imide groups is 1. The molecule has 3 amide bonds. The molecule has 33 heavy (non-hydrogen) atoms. The molecule has 0 atom stereocenters. The molecule has 2 heterocycles. The van der Waals surface area contributed by atoms with Crippen LogP contribution >= 0.6 is 0 Å². The Kier molecular flexibility index (Phi) is 7.08. The lowest BCUT2D eigenvalue weighted by Crippen LogP contribution is -2.44. The van der Waals surface area contributed by atoms with Crippen molar-refractivity contribution in [2.75, 3.05) is 26.7 Å². The third kappa shape index (κ3) is 5.25. The van der Waals surface area contributed by atoms with Crippen LogP contribution in [0.5, 0.6) is 5.75 Å². The third-order valence-corrected chi connectivity index (χ3v) is 6.45. The highest BCUT2D eigenvalue weighted by molar-refractivity contribution is 6.21. The maximum atomic E-state index is 12.5. The van der Waals surface area contributed by atoms with Gasteiger partial charge in [0.2, 0.25) is 5.91 Å². The summed E-state index contributed by atoms with van der Waals surface area (Å²) in [6.45, 7) is 4.82. The lowest BCUT2D eigenvalue weighted by atomic mass is 10.0. The number of amides is 3. The van der Waals surface area contributed by atoms with E-state index in [4.69, 9.17) is 4.74 Å². The maximum absolute atomic E-state index is 12.5. The summed E-state index contributed by atoms with van der Waals surface area (Å²) >= 11 is 0. The molecule has 2 aliphatic heterocycles. The van der Waals surface area contributed by atoms with E-state index in [-0.39, 0.29) is 30.3 Å². The summed E-state index contributed by atoms with van der Waals surface area (Å²) in [6, 6.07) is 13.5.